The van der Waals surface area contributed by atoms with Crippen LogP contribution in [0.25, 0.3) is 0 Å². The standard InChI is InChI=1S/C15H29N3O2S/c1-16-10-13-6-8-17(9-7-13)21(19,20)18(11-14-2-3-14)12-15-4-5-15/h13-16H,2-12H2,1H3. The van der Waals surface area contributed by atoms with Gasteiger partial charge in [-0.3, -0.25) is 0 Å². The van der Waals surface area contributed by atoms with Gasteiger partial charge in [0.2, 0.25) is 0 Å². The SMILES string of the molecule is CNCC1CCN(S(=O)(=O)N(CC2CC2)CC2CC2)CC1. The zero-order valence-electron chi connectivity index (χ0n) is 13.1. The number of nitrogens with zero attached hydrogens (tertiary/aromatic N) is 2. The average Bonchev–Trinajstić information content (AvgIpc) is 3.34. The van der Waals surface area contributed by atoms with Crippen molar-refractivity contribution in [3.8, 4) is 0 Å². The lowest BCUT2D eigenvalue weighted by atomic mass is 9.98. The summed E-state index contributed by atoms with van der Waals surface area (Å²) in [5.74, 6) is 1.88. The summed E-state index contributed by atoms with van der Waals surface area (Å²) in [7, 11) is -1.26. The van der Waals surface area contributed by atoms with Crippen LogP contribution in [0.1, 0.15) is 38.5 Å². The Morgan fingerprint density at radius 1 is 0.952 bits per heavy atom. The third kappa shape index (κ3) is 4.18. The van der Waals surface area contributed by atoms with Crippen molar-refractivity contribution in [3.63, 3.8) is 0 Å². The number of hydrogen-bond donors (Lipinski definition) is 1. The van der Waals surface area contributed by atoms with Crippen molar-refractivity contribution < 1.29 is 8.42 Å². The molecule has 2 aliphatic carbocycles. The monoisotopic (exact) mass is 315 g/mol. The summed E-state index contributed by atoms with van der Waals surface area (Å²) in [5, 5.41) is 3.20. The first-order valence-electron chi connectivity index (χ1n) is 8.49. The van der Waals surface area contributed by atoms with Crippen molar-refractivity contribution in [2.45, 2.75) is 38.5 Å². The van der Waals surface area contributed by atoms with Gasteiger partial charge in [-0.2, -0.15) is 17.0 Å². The Balaban J connectivity index is 1.60. The zero-order chi connectivity index (χ0) is 14.9. The maximum absolute atomic E-state index is 12.9. The summed E-state index contributed by atoms with van der Waals surface area (Å²) < 4.78 is 29.4. The van der Waals surface area contributed by atoms with E-state index in [0.717, 1.165) is 32.5 Å². The minimum absolute atomic E-state index is 0.625. The topological polar surface area (TPSA) is 52.7 Å². The number of rotatable bonds is 8. The molecule has 3 aliphatic rings. The van der Waals surface area contributed by atoms with Crippen molar-refractivity contribution in [3.05, 3.63) is 0 Å². The molecule has 3 fully saturated rings. The van der Waals surface area contributed by atoms with Crippen molar-refractivity contribution in [2.24, 2.45) is 17.8 Å². The molecule has 0 atom stereocenters. The molecule has 0 bridgehead atoms. The summed E-state index contributed by atoms with van der Waals surface area (Å²) in [6, 6.07) is 0. The fourth-order valence-corrected chi connectivity index (χ4v) is 5.03. The van der Waals surface area contributed by atoms with Crippen molar-refractivity contribution in [2.75, 3.05) is 39.8 Å². The second-order valence-corrected chi connectivity index (χ2v) is 9.04. The molecule has 0 unspecified atom stereocenters. The molecule has 1 N–H and O–H groups in total. The van der Waals surface area contributed by atoms with Gasteiger partial charge < -0.3 is 5.32 Å². The van der Waals surface area contributed by atoms with Crippen LogP contribution in [0.5, 0.6) is 0 Å². The Bertz CT molecular complexity index is 424. The molecule has 5 nitrogen and oxygen atoms in total. The third-order valence-electron chi connectivity index (χ3n) is 5.04. The molecular formula is C15H29N3O2S. The Hall–Kier alpha value is -0.170. The maximum Gasteiger partial charge on any atom is 0.281 e. The van der Waals surface area contributed by atoms with Crippen LogP contribution in [0.4, 0.5) is 0 Å². The van der Waals surface area contributed by atoms with Gasteiger partial charge >= 0.3 is 0 Å². The van der Waals surface area contributed by atoms with E-state index in [1.165, 1.54) is 25.7 Å². The Morgan fingerprint density at radius 3 is 1.90 bits per heavy atom. The summed E-state index contributed by atoms with van der Waals surface area (Å²) in [6.07, 6.45) is 6.81. The Morgan fingerprint density at radius 2 is 1.48 bits per heavy atom. The number of nitrogens with one attached hydrogen (secondary N) is 1. The van der Waals surface area contributed by atoms with Crippen LogP contribution in [-0.4, -0.2) is 56.8 Å². The van der Waals surface area contributed by atoms with Gasteiger partial charge in [0.05, 0.1) is 0 Å². The molecule has 0 radical (unpaired) electrons. The number of piperidine rings is 1. The maximum atomic E-state index is 12.9. The van der Waals surface area contributed by atoms with Crippen LogP contribution < -0.4 is 5.32 Å². The van der Waals surface area contributed by atoms with E-state index in [0.29, 0.717) is 30.8 Å². The van der Waals surface area contributed by atoms with Gasteiger partial charge in [0.15, 0.2) is 0 Å². The molecule has 0 spiro atoms. The molecule has 1 saturated heterocycles. The molecule has 3 rings (SSSR count). The quantitative estimate of drug-likeness (QED) is 0.734. The Labute approximate surface area is 129 Å². The van der Waals surface area contributed by atoms with Crippen LogP contribution in [0, 0.1) is 17.8 Å². The van der Waals surface area contributed by atoms with Gasteiger partial charge in [-0.15, -0.1) is 0 Å². The van der Waals surface area contributed by atoms with E-state index in [-0.39, 0.29) is 0 Å². The van der Waals surface area contributed by atoms with Crippen LogP contribution in [-0.2, 0) is 10.2 Å². The molecule has 6 heteroatoms. The van der Waals surface area contributed by atoms with Gasteiger partial charge in [-0.25, -0.2) is 0 Å². The summed E-state index contributed by atoms with van der Waals surface area (Å²) >= 11 is 0. The molecule has 2 saturated carbocycles. The summed E-state index contributed by atoms with van der Waals surface area (Å²) in [4.78, 5) is 0. The second kappa shape index (κ2) is 6.52. The minimum Gasteiger partial charge on any atom is -0.319 e. The van der Waals surface area contributed by atoms with Crippen LogP contribution in [0.3, 0.4) is 0 Å². The third-order valence-corrected chi connectivity index (χ3v) is 7.00. The van der Waals surface area contributed by atoms with E-state index in [1.54, 1.807) is 8.61 Å². The summed E-state index contributed by atoms with van der Waals surface area (Å²) in [6.45, 7) is 3.91. The van der Waals surface area contributed by atoms with E-state index in [2.05, 4.69) is 5.32 Å². The fourth-order valence-electron chi connectivity index (χ4n) is 3.24. The predicted octanol–water partition coefficient (Wildman–Crippen LogP) is 1.28. The van der Waals surface area contributed by atoms with Gasteiger partial charge in [0, 0.05) is 26.2 Å². The molecule has 0 aromatic rings. The highest BCUT2D eigenvalue weighted by molar-refractivity contribution is 7.86. The highest BCUT2D eigenvalue weighted by atomic mass is 32.2. The van der Waals surface area contributed by atoms with E-state index < -0.39 is 10.2 Å². The molecule has 0 aromatic heterocycles. The van der Waals surface area contributed by atoms with E-state index in [9.17, 15) is 8.42 Å². The molecule has 21 heavy (non-hydrogen) atoms. The van der Waals surface area contributed by atoms with E-state index in [4.69, 9.17) is 0 Å². The van der Waals surface area contributed by atoms with Crippen LogP contribution in [0.15, 0.2) is 0 Å². The van der Waals surface area contributed by atoms with Gasteiger partial charge in [0.1, 0.15) is 0 Å². The second-order valence-electron chi connectivity index (χ2n) is 7.11. The fraction of sp³-hybridized carbons (Fsp3) is 1.00. The van der Waals surface area contributed by atoms with Crippen molar-refractivity contribution in [1.82, 2.24) is 13.9 Å². The van der Waals surface area contributed by atoms with E-state index >= 15 is 0 Å². The molecule has 0 amide bonds. The first kappa shape index (κ1) is 15.7. The lowest BCUT2D eigenvalue weighted by molar-refractivity contribution is 0.248. The first-order valence-corrected chi connectivity index (χ1v) is 9.89. The van der Waals surface area contributed by atoms with Gasteiger partial charge in [-0.1, -0.05) is 0 Å². The van der Waals surface area contributed by atoms with Gasteiger partial charge in [0.25, 0.3) is 10.2 Å². The predicted molar refractivity (Wildman–Crippen MR) is 84.2 cm³/mol. The average molecular weight is 315 g/mol. The lowest BCUT2D eigenvalue weighted by Crippen LogP contribution is -2.49. The van der Waals surface area contributed by atoms with Gasteiger partial charge in [-0.05, 0) is 69.9 Å². The van der Waals surface area contributed by atoms with Crippen molar-refractivity contribution in [1.29, 1.82) is 0 Å². The first-order chi connectivity index (χ1) is 10.1. The summed E-state index contributed by atoms with van der Waals surface area (Å²) in [5.41, 5.74) is 0. The normalized spacial score (nSPS) is 25.6. The van der Waals surface area contributed by atoms with Crippen molar-refractivity contribution >= 4 is 10.2 Å². The Kier molecular flexibility index (Phi) is 4.88. The van der Waals surface area contributed by atoms with Crippen LogP contribution >= 0.6 is 0 Å². The van der Waals surface area contributed by atoms with E-state index in [1.807, 2.05) is 7.05 Å². The smallest absolute Gasteiger partial charge is 0.281 e. The lowest BCUT2D eigenvalue weighted by Gasteiger charge is -2.35. The molecule has 122 valence electrons. The molecule has 1 aliphatic heterocycles. The molecular weight excluding hydrogens is 286 g/mol. The highest BCUT2D eigenvalue weighted by Gasteiger charge is 2.38. The highest BCUT2D eigenvalue weighted by Crippen LogP contribution is 2.35. The molecule has 1 heterocycles. The number of hydrogen-bond acceptors (Lipinski definition) is 3. The minimum atomic E-state index is -3.23. The molecule has 0 aromatic carbocycles. The largest absolute Gasteiger partial charge is 0.319 e. The zero-order valence-corrected chi connectivity index (χ0v) is 13.9. The van der Waals surface area contributed by atoms with Crippen LogP contribution in [0.2, 0.25) is 0 Å².